The molecule has 0 aromatic heterocycles. The summed E-state index contributed by atoms with van der Waals surface area (Å²) in [4.78, 5) is 23.3. The highest BCUT2D eigenvalue weighted by Gasteiger charge is 2.47. The molecular formula is C13H20F4N2O3. The molecule has 0 bridgehead atoms. The number of hydrogen-bond donors (Lipinski definition) is 1. The van der Waals surface area contributed by atoms with Crippen molar-refractivity contribution in [2.24, 2.45) is 0 Å². The standard InChI is InChI=1S/C13H20F4N2O3/c1-12(2,3)22-11(21)18-7-9-8(14)5-4-6-19(9)10(20)13(15,16)17/h8-9H,4-7H2,1-3H3,(H,18,21)/t8-,9-/m1/s1. The molecule has 22 heavy (non-hydrogen) atoms. The number of ether oxygens (including phenoxy) is 1. The van der Waals surface area contributed by atoms with Gasteiger partial charge in [-0.25, -0.2) is 9.18 Å². The molecule has 0 saturated carbocycles. The molecule has 1 N–H and O–H groups in total. The van der Waals surface area contributed by atoms with E-state index in [1.165, 1.54) is 0 Å². The summed E-state index contributed by atoms with van der Waals surface area (Å²) in [5, 5.41) is 2.21. The van der Waals surface area contributed by atoms with Gasteiger partial charge in [0.2, 0.25) is 0 Å². The van der Waals surface area contributed by atoms with Crippen molar-refractivity contribution in [1.82, 2.24) is 10.2 Å². The number of nitrogens with zero attached hydrogens (tertiary/aromatic N) is 1. The minimum atomic E-state index is -5.07. The van der Waals surface area contributed by atoms with E-state index < -0.39 is 42.5 Å². The Morgan fingerprint density at radius 3 is 2.36 bits per heavy atom. The number of alkyl carbamates (subject to hydrolysis) is 1. The van der Waals surface area contributed by atoms with Gasteiger partial charge >= 0.3 is 18.2 Å². The van der Waals surface area contributed by atoms with Crippen molar-refractivity contribution in [3.63, 3.8) is 0 Å². The number of hydrogen-bond acceptors (Lipinski definition) is 3. The van der Waals surface area contributed by atoms with Crippen molar-refractivity contribution < 1.29 is 31.9 Å². The van der Waals surface area contributed by atoms with E-state index in [1.807, 2.05) is 0 Å². The van der Waals surface area contributed by atoms with E-state index in [1.54, 1.807) is 20.8 Å². The maximum atomic E-state index is 13.9. The van der Waals surface area contributed by atoms with Crippen LogP contribution in [-0.4, -0.2) is 54.0 Å². The molecule has 5 nitrogen and oxygen atoms in total. The largest absolute Gasteiger partial charge is 0.471 e. The van der Waals surface area contributed by atoms with E-state index in [2.05, 4.69) is 5.32 Å². The van der Waals surface area contributed by atoms with Gasteiger partial charge in [-0.15, -0.1) is 0 Å². The Bertz CT molecular complexity index is 420. The molecule has 2 amide bonds. The van der Waals surface area contributed by atoms with Crippen LogP contribution in [0, 0.1) is 0 Å². The topological polar surface area (TPSA) is 58.6 Å². The molecule has 1 aliphatic rings. The van der Waals surface area contributed by atoms with Crippen LogP contribution in [-0.2, 0) is 9.53 Å². The van der Waals surface area contributed by atoms with Gasteiger partial charge in [-0.1, -0.05) is 0 Å². The number of likely N-dealkylation sites (tertiary alicyclic amines) is 1. The lowest BCUT2D eigenvalue weighted by Crippen LogP contribution is -2.57. The lowest BCUT2D eigenvalue weighted by molar-refractivity contribution is -0.190. The molecule has 1 rings (SSSR count). The molecule has 0 spiro atoms. The Morgan fingerprint density at radius 1 is 1.27 bits per heavy atom. The van der Waals surface area contributed by atoms with E-state index in [0.717, 1.165) is 0 Å². The highest BCUT2D eigenvalue weighted by atomic mass is 19.4. The van der Waals surface area contributed by atoms with Crippen LogP contribution < -0.4 is 5.32 Å². The van der Waals surface area contributed by atoms with Gasteiger partial charge < -0.3 is 15.0 Å². The van der Waals surface area contributed by atoms with Crippen molar-refractivity contribution >= 4 is 12.0 Å². The molecule has 1 heterocycles. The third-order valence-electron chi connectivity index (χ3n) is 3.05. The Morgan fingerprint density at radius 2 is 1.86 bits per heavy atom. The van der Waals surface area contributed by atoms with Crippen LogP contribution in [0.3, 0.4) is 0 Å². The van der Waals surface area contributed by atoms with Crippen LogP contribution in [0.5, 0.6) is 0 Å². The first-order valence-electron chi connectivity index (χ1n) is 6.90. The lowest BCUT2D eigenvalue weighted by atomic mass is 9.99. The number of rotatable bonds is 2. The maximum Gasteiger partial charge on any atom is 0.471 e. The van der Waals surface area contributed by atoms with E-state index in [0.29, 0.717) is 4.90 Å². The number of alkyl halides is 4. The SMILES string of the molecule is CC(C)(C)OC(=O)NC[C@@H]1[C@H](F)CCCN1C(=O)C(F)(F)F. The summed E-state index contributed by atoms with van der Waals surface area (Å²) in [5.74, 6) is -2.09. The van der Waals surface area contributed by atoms with Gasteiger partial charge in [0.15, 0.2) is 0 Å². The number of amides is 2. The number of carbonyl (C=O) groups is 2. The lowest BCUT2D eigenvalue weighted by Gasteiger charge is -2.38. The average molecular weight is 328 g/mol. The predicted octanol–water partition coefficient (Wildman–Crippen LogP) is 2.40. The zero-order valence-corrected chi connectivity index (χ0v) is 12.7. The van der Waals surface area contributed by atoms with E-state index >= 15 is 0 Å². The van der Waals surface area contributed by atoms with Crippen molar-refractivity contribution in [2.45, 2.75) is 57.6 Å². The van der Waals surface area contributed by atoms with Gasteiger partial charge in [0.25, 0.3) is 0 Å². The summed E-state index contributed by atoms with van der Waals surface area (Å²) in [7, 11) is 0. The summed E-state index contributed by atoms with van der Waals surface area (Å²) in [6.45, 7) is 4.22. The van der Waals surface area contributed by atoms with Gasteiger partial charge in [0, 0.05) is 13.1 Å². The molecule has 0 unspecified atom stereocenters. The normalized spacial score (nSPS) is 23.1. The fraction of sp³-hybridized carbons (Fsp3) is 0.846. The van der Waals surface area contributed by atoms with E-state index in [-0.39, 0.29) is 19.4 Å². The van der Waals surface area contributed by atoms with E-state index in [9.17, 15) is 27.2 Å². The zero-order chi connectivity index (χ0) is 17.1. The van der Waals surface area contributed by atoms with Gasteiger partial charge in [0.05, 0.1) is 6.04 Å². The number of carbonyl (C=O) groups excluding carboxylic acids is 2. The van der Waals surface area contributed by atoms with Crippen LogP contribution in [0.2, 0.25) is 0 Å². The Labute approximate surface area is 126 Å². The summed E-state index contributed by atoms with van der Waals surface area (Å²) in [6.07, 6.45) is -7.38. The third-order valence-corrected chi connectivity index (χ3v) is 3.05. The molecule has 0 radical (unpaired) electrons. The second kappa shape index (κ2) is 6.70. The van der Waals surface area contributed by atoms with Gasteiger partial charge in [-0.2, -0.15) is 13.2 Å². The van der Waals surface area contributed by atoms with E-state index in [4.69, 9.17) is 4.74 Å². The van der Waals surface area contributed by atoms with Crippen molar-refractivity contribution in [2.75, 3.05) is 13.1 Å². The van der Waals surface area contributed by atoms with Crippen molar-refractivity contribution in [3.8, 4) is 0 Å². The van der Waals surface area contributed by atoms with Crippen molar-refractivity contribution in [3.05, 3.63) is 0 Å². The fourth-order valence-electron chi connectivity index (χ4n) is 2.17. The summed E-state index contributed by atoms with van der Waals surface area (Å²) in [5.41, 5.74) is -0.784. The van der Waals surface area contributed by atoms with Crippen LogP contribution >= 0.6 is 0 Å². The number of halogens is 4. The smallest absolute Gasteiger partial charge is 0.444 e. The second-order valence-corrected chi connectivity index (χ2v) is 6.10. The first-order chi connectivity index (χ1) is 9.92. The van der Waals surface area contributed by atoms with Crippen LogP contribution in [0.1, 0.15) is 33.6 Å². The third kappa shape index (κ3) is 5.34. The van der Waals surface area contributed by atoms with Crippen LogP contribution in [0.25, 0.3) is 0 Å². The first kappa shape index (κ1) is 18.5. The molecule has 1 aliphatic heterocycles. The molecule has 0 aromatic carbocycles. The first-order valence-corrected chi connectivity index (χ1v) is 6.90. The molecule has 1 saturated heterocycles. The van der Waals surface area contributed by atoms with Gasteiger partial charge in [-0.3, -0.25) is 4.79 Å². The number of piperidine rings is 1. The van der Waals surface area contributed by atoms with Gasteiger partial charge in [0.1, 0.15) is 11.8 Å². The summed E-state index contributed by atoms with van der Waals surface area (Å²) < 4.78 is 56.4. The van der Waals surface area contributed by atoms with Crippen molar-refractivity contribution in [1.29, 1.82) is 0 Å². The molecule has 128 valence electrons. The maximum absolute atomic E-state index is 13.9. The summed E-state index contributed by atoms with van der Waals surface area (Å²) in [6, 6.07) is -1.35. The zero-order valence-electron chi connectivity index (χ0n) is 12.7. The number of nitrogens with one attached hydrogen (secondary N) is 1. The minimum absolute atomic E-state index is 0.0440. The molecular weight excluding hydrogens is 308 g/mol. The minimum Gasteiger partial charge on any atom is -0.444 e. The Hall–Kier alpha value is -1.54. The Balaban J connectivity index is 2.70. The quantitative estimate of drug-likeness (QED) is 0.792. The predicted molar refractivity (Wildman–Crippen MR) is 69.9 cm³/mol. The van der Waals surface area contributed by atoms with Crippen LogP contribution in [0.15, 0.2) is 0 Å². The average Bonchev–Trinajstić information content (AvgIpc) is 2.33. The Kier molecular flexibility index (Phi) is 5.64. The van der Waals surface area contributed by atoms with Gasteiger partial charge in [-0.05, 0) is 33.6 Å². The highest BCUT2D eigenvalue weighted by Crippen LogP contribution is 2.26. The highest BCUT2D eigenvalue weighted by molar-refractivity contribution is 5.82. The molecule has 0 aromatic rings. The fourth-order valence-corrected chi connectivity index (χ4v) is 2.17. The second-order valence-electron chi connectivity index (χ2n) is 6.10. The van der Waals surface area contributed by atoms with Crippen LogP contribution in [0.4, 0.5) is 22.4 Å². The summed E-state index contributed by atoms with van der Waals surface area (Å²) >= 11 is 0. The molecule has 0 aliphatic carbocycles. The molecule has 1 fully saturated rings. The molecule has 9 heteroatoms. The monoisotopic (exact) mass is 328 g/mol. The molecule has 2 atom stereocenters.